The van der Waals surface area contributed by atoms with Crippen molar-refractivity contribution in [3.05, 3.63) is 59.4 Å². The van der Waals surface area contributed by atoms with Gasteiger partial charge in [0.15, 0.2) is 11.5 Å². The second kappa shape index (κ2) is 9.77. The number of carbonyl (C=O) groups is 1. The van der Waals surface area contributed by atoms with Crippen LogP contribution in [0.15, 0.2) is 42.5 Å². The maximum absolute atomic E-state index is 13.8. The van der Waals surface area contributed by atoms with Crippen LogP contribution in [0.25, 0.3) is 0 Å². The van der Waals surface area contributed by atoms with Gasteiger partial charge in [-0.15, -0.1) is 13.2 Å². The zero-order chi connectivity index (χ0) is 24.3. The van der Waals surface area contributed by atoms with Crippen LogP contribution in [0, 0.1) is 5.82 Å². The topological polar surface area (TPSA) is 66.5 Å². The molecule has 1 amide bonds. The highest BCUT2D eigenvalue weighted by atomic mass is 19.4. The summed E-state index contributed by atoms with van der Waals surface area (Å²) in [6, 6.07) is 10.6. The van der Waals surface area contributed by atoms with Crippen LogP contribution in [0.4, 0.5) is 17.6 Å². The Bertz CT molecular complexity index is 1030. The van der Waals surface area contributed by atoms with Crippen LogP contribution in [0.5, 0.6) is 11.5 Å². The highest BCUT2D eigenvalue weighted by Gasteiger charge is 2.51. The molecule has 2 fully saturated rings. The molecule has 2 aliphatic heterocycles. The number of rotatable bonds is 7. The molecule has 2 aromatic carbocycles. The number of likely N-dealkylation sites (tertiary alicyclic amines) is 1. The number of alkyl halides is 3. The van der Waals surface area contributed by atoms with E-state index in [1.807, 2.05) is 0 Å². The van der Waals surface area contributed by atoms with Gasteiger partial charge in [0.25, 0.3) is 5.91 Å². The Hall–Kier alpha value is -2.89. The molecule has 4 rings (SSSR count). The van der Waals surface area contributed by atoms with Crippen molar-refractivity contribution in [2.24, 2.45) is 0 Å². The average Bonchev–Trinajstić information content (AvgIpc) is 3.25. The number of piperidine rings is 1. The van der Waals surface area contributed by atoms with Gasteiger partial charge in [0, 0.05) is 18.5 Å². The summed E-state index contributed by atoms with van der Waals surface area (Å²) >= 11 is 0. The van der Waals surface area contributed by atoms with Crippen LogP contribution in [0.3, 0.4) is 0 Å². The van der Waals surface area contributed by atoms with Gasteiger partial charge in [0.2, 0.25) is 0 Å². The average molecular weight is 485 g/mol. The van der Waals surface area contributed by atoms with Crippen molar-refractivity contribution >= 4 is 5.91 Å². The molecule has 34 heavy (non-hydrogen) atoms. The van der Waals surface area contributed by atoms with Crippen molar-refractivity contribution in [3.63, 3.8) is 0 Å². The van der Waals surface area contributed by atoms with E-state index in [4.69, 9.17) is 18.9 Å². The van der Waals surface area contributed by atoms with Gasteiger partial charge in [0.1, 0.15) is 30.9 Å². The van der Waals surface area contributed by atoms with E-state index < -0.39 is 24.7 Å². The number of fused-ring (bicyclic) bond motifs is 1. The van der Waals surface area contributed by atoms with Crippen LogP contribution in [0.2, 0.25) is 0 Å². The Morgan fingerprint density at radius 3 is 2.74 bits per heavy atom. The molecule has 2 atom stereocenters. The monoisotopic (exact) mass is 485 g/mol. The minimum Gasteiger partial charge on any atom is -0.493 e. The highest BCUT2D eigenvalue weighted by Crippen LogP contribution is 2.43. The smallest absolute Gasteiger partial charge is 0.493 e. The first kappa shape index (κ1) is 24.2. The number of ether oxygens (including phenoxy) is 5. The van der Waals surface area contributed by atoms with Crippen molar-refractivity contribution in [3.8, 4) is 11.5 Å². The van der Waals surface area contributed by atoms with E-state index in [9.17, 15) is 22.4 Å². The third-order valence-electron chi connectivity index (χ3n) is 5.86. The van der Waals surface area contributed by atoms with E-state index in [1.165, 1.54) is 37.4 Å². The standard InChI is InChI=1S/C23H23F4NO6/c1-30-19-11-15(5-6-18(19)31-9-10-33-23(25,26)27)21(29)28-8-7-22(20(13-28)32-14-34-22)16-3-2-4-17(24)12-16/h2-6,11-12,20H,7-10,13-14H2,1H3/t20?,22-/m1/s1. The zero-order valence-corrected chi connectivity index (χ0v) is 18.3. The van der Waals surface area contributed by atoms with Crippen molar-refractivity contribution in [2.75, 3.05) is 40.2 Å². The number of halogens is 4. The fourth-order valence-electron chi connectivity index (χ4n) is 4.24. The summed E-state index contributed by atoms with van der Waals surface area (Å²) in [4.78, 5) is 14.8. The van der Waals surface area contributed by atoms with Crippen molar-refractivity contribution in [1.82, 2.24) is 4.90 Å². The molecular weight excluding hydrogens is 462 g/mol. The molecule has 0 spiro atoms. The van der Waals surface area contributed by atoms with Gasteiger partial charge in [-0.25, -0.2) is 4.39 Å². The molecule has 1 unspecified atom stereocenters. The number of benzene rings is 2. The molecule has 2 aliphatic rings. The molecule has 11 heteroatoms. The summed E-state index contributed by atoms with van der Waals surface area (Å²) in [7, 11) is 1.36. The summed E-state index contributed by atoms with van der Waals surface area (Å²) in [6.07, 6.45) is -4.78. The first-order valence-electron chi connectivity index (χ1n) is 10.5. The van der Waals surface area contributed by atoms with Crippen LogP contribution >= 0.6 is 0 Å². The molecule has 2 aromatic rings. The zero-order valence-electron chi connectivity index (χ0n) is 18.3. The lowest BCUT2D eigenvalue weighted by atomic mass is 9.82. The Kier molecular flexibility index (Phi) is 6.96. The minimum absolute atomic E-state index is 0.0428. The molecule has 0 N–H and O–H groups in total. The van der Waals surface area contributed by atoms with E-state index in [2.05, 4.69) is 4.74 Å². The van der Waals surface area contributed by atoms with Gasteiger partial charge in [-0.3, -0.25) is 9.53 Å². The Labute approximate surface area is 193 Å². The SMILES string of the molecule is COc1cc(C(=O)N2CC[C@]3(c4cccc(F)c4)OCOC3C2)ccc1OCCOC(F)(F)F. The molecule has 184 valence electrons. The summed E-state index contributed by atoms with van der Waals surface area (Å²) in [5.74, 6) is -0.279. The molecule has 0 bridgehead atoms. The summed E-state index contributed by atoms with van der Waals surface area (Å²) in [5, 5.41) is 0. The van der Waals surface area contributed by atoms with Gasteiger partial charge >= 0.3 is 6.36 Å². The Balaban J connectivity index is 1.43. The van der Waals surface area contributed by atoms with Crippen LogP contribution in [0.1, 0.15) is 22.3 Å². The third-order valence-corrected chi connectivity index (χ3v) is 5.86. The van der Waals surface area contributed by atoms with Crippen molar-refractivity contribution in [1.29, 1.82) is 0 Å². The number of methoxy groups -OCH3 is 1. The quantitative estimate of drug-likeness (QED) is 0.438. The predicted molar refractivity (Wildman–Crippen MR) is 110 cm³/mol. The minimum atomic E-state index is -4.74. The molecule has 0 aromatic heterocycles. The van der Waals surface area contributed by atoms with E-state index in [-0.39, 0.29) is 43.2 Å². The second-order valence-electron chi connectivity index (χ2n) is 7.83. The van der Waals surface area contributed by atoms with Crippen LogP contribution in [-0.2, 0) is 19.8 Å². The Morgan fingerprint density at radius 1 is 1.18 bits per heavy atom. The van der Waals surface area contributed by atoms with Crippen molar-refractivity contribution < 1.29 is 46.0 Å². The van der Waals surface area contributed by atoms with E-state index in [0.29, 0.717) is 24.1 Å². The fourth-order valence-corrected chi connectivity index (χ4v) is 4.24. The van der Waals surface area contributed by atoms with E-state index >= 15 is 0 Å². The first-order valence-corrected chi connectivity index (χ1v) is 10.5. The maximum Gasteiger partial charge on any atom is 0.522 e. The molecule has 0 aliphatic carbocycles. The van der Waals surface area contributed by atoms with Gasteiger partial charge in [-0.05, 0) is 35.9 Å². The lowest BCUT2D eigenvalue weighted by Crippen LogP contribution is -2.53. The summed E-state index contributed by atoms with van der Waals surface area (Å²) < 4.78 is 75.9. The molecule has 2 heterocycles. The van der Waals surface area contributed by atoms with Gasteiger partial charge in [0.05, 0.1) is 20.3 Å². The van der Waals surface area contributed by atoms with E-state index in [1.54, 1.807) is 17.0 Å². The molecule has 0 radical (unpaired) electrons. The number of carbonyl (C=O) groups excluding carboxylic acids is 1. The number of hydrogen-bond donors (Lipinski definition) is 0. The molecule has 0 saturated carbocycles. The van der Waals surface area contributed by atoms with Crippen LogP contribution in [-0.4, -0.2) is 63.5 Å². The van der Waals surface area contributed by atoms with Gasteiger partial charge < -0.3 is 23.8 Å². The summed E-state index contributed by atoms with van der Waals surface area (Å²) in [6.45, 7) is -0.398. The lowest BCUT2D eigenvalue weighted by molar-refractivity contribution is -0.325. The Morgan fingerprint density at radius 2 is 2.00 bits per heavy atom. The second-order valence-corrected chi connectivity index (χ2v) is 7.83. The molecular formula is C23H23F4NO6. The first-order chi connectivity index (χ1) is 16.2. The highest BCUT2D eigenvalue weighted by molar-refractivity contribution is 5.95. The lowest BCUT2D eigenvalue weighted by Gasteiger charge is -2.42. The van der Waals surface area contributed by atoms with Crippen molar-refractivity contribution in [2.45, 2.75) is 24.5 Å². The predicted octanol–water partition coefficient (Wildman–Crippen LogP) is 3.86. The fraction of sp³-hybridized carbons (Fsp3) is 0.435. The maximum atomic E-state index is 13.8. The molecule has 2 saturated heterocycles. The number of hydrogen-bond acceptors (Lipinski definition) is 6. The summed E-state index contributed by atoms with van der Waals surface area (Å²) in [5.41, 5.74) is 0.153. The number of nitrogens with zero attached hydrogens (tertiary/aromatic N) is 1. The third kappa shape index (κ3) is 5.11. The van der Waals surface area contributed by atoms with Crippen LogP contribution < -0.4 is 9.47 Å². The van der Waals surface area contributed by atoms with Gasteiger partial charge in [-0.2, -0.15) is 0 Å². The number of amides is 1. The van der Waals surface area contributed by atoms with Gasteiger partial charge in [-0.1, -0.05) is 12.1 Å². The molecule has 7 nitrogen and oxygen atoms in total. The van der Waals surface area contributed by atoms with E-state index in [0.717, 1.165) is 0 Å². The normalized spacial score (nSPS) is 22.4. The largest absolute Gasteiger partial charge is 0.522 e.